The number of hydrogen-bond acceptors (Lipinski definition) is 4. The zero-order valence-corrected chi connectivity index (χ0v) is 31.2. The second-order valence-corrected chi connectivity index (χ2v) is 15.9. The number of aromatic nitrogens is 5. The van der Waals surface area contributed by atoms with E-state index in [-0.39, 0.29) is 10.8 Å². The predicted octanol–water partition coefficient (Wildman–Crippen LogP) is 12.0. The molecule has 3 heterocycles. The van der Waals surface area contributed by atoms with E-state index in [9.17, 15) is 0 Å². The van der Waals surface area contributed by atoms with Crippen molar-refractivity contribution >= 4 is 21.9 Å². The molecule has 0 atom stereocenters. The Labute approximate surface area is 320 Å². The highest BCUT2D eigenvalue weighted by atomic mass is 15.1. The third-order valence-corrected chi connectivity index (χ3v) is 12.1. The van der Waals surface area contributed by atoms with E-state index in [2.05, 4.69) is 154 Å². The quantitative estimate of drug-likeness (QED) is 0.183. The van der Waals surface area contributed by atoms with Crippen LogP contribution in [-0.4, -0.2) is 24.5 Å². The van der Waals surface area contributed by atoms with Crippen LogP contribution in [0.1, 0.15) is 49.9 Å². The number of hydrogen-bond donors (Lipinski definition) is 0. The van der Waals surface area contributed by atoms with Gasteiger partial charge in [-0.1, -0.05) is 155 Å². The molecule has 3 aromatic heterocycles. The second-order valence-electron chi connectivity index (χ2n) is 15.9. The summed E-state index contributed by atoms with van der Waals surface area (Å²) in [7, 11) is 0. The minimum absolute atomic E-state index is 0.126. The summed E-state index contributed by atoms with van der Waals surface area (Å²) in [5.41, 5.74) is 16.7. The van der Waals surface area contributed by atoms with Crippen molar-refractivity contribution in [3.05, 3.63) is 174 Å². The summed E-state index contributed by atoms with van der Waals surface area (Å²) >= 11 is 0. The summed E-state index contributed by atoms with van der Waals surface area (Å²) in [6.07, 6.45) is 2.00. The van der Waals surface area contributed by atoms with Gasteiger partial charge in [0.05, 0.1) is 22.9 Å². The molecule has 0 amide bonds. The van der Waals surface area contributed by atoms with E-state index in [0.29, 0.717) is 11.6 Å². The SMILES string of the molecule is CC1(C)c2ccccc2-c2ccc(-c3ncc4c(n3)c3c5c(ccc3n4-c3cc(-c4ccccc4)nc(-c4ccccc4)n3)-c3ccccc3C5(C)C)cc21. The molecule has 0 saturated heterocycles. The van der Waals surface area contributed by atoms with Crippen LogP contribution in [0, 0.1) is 0 Å². The molecule has 0 bridgehead atoms. The van der Waals surface area contributed by atoms with Crippen molar-refractivity contribution in [2.45, 2.75) is 38.5 Å². The van der Waals surface area contributed by atoms with Crippen molar-refractivity contribution in [1.82, 2.24) is 24.5 Å². The summed E-state index contributed by atoms with van der Waals surface area (Å²) in [6.45, 7) is 9.32. The monoisotopic (exact) mass is 707 g/mol. The van der Waals surface area contributed by atoms with E-state index in [1.165, 1.54) is 44.5 Å². The lowest BCUT2D eigenvalue weighted by Crippen LogP contribution is -2.15. The first-order valence-electron chi connectivity index (χ1n) is 19.0. The van der Waals surface area contributed by atoms with Crippen LogP contribution < -0.4 is 0 Å². The number of rotatable bonds is 4. The van der Waals surface area contributed by atoms with E-state index in [4.69, 9.17) is 19.9 Å². The van der Waals surface area contributed by atoms with Crippen molar-refractivity contribution in [2.75, 3.05) is 0 Å². The minimum atomic E-state index is -0.255. The van der Waals surface area contributed by atoms with Gasteiger partial charge in [-0.3, -0.25) is 4.57 Å². The molecule has 0 fully saturated rings. The molecule has 11 rings (SSSR count). The van der Waals surface area contributed by atoms with Crippen molar-refractivity contribution in [2.24, 2.45) is 0 Å². The Morgan fingerprint density at radius 2 is 1.07 bits per heavy atom. The van der Waals surface area contributed by atoms with Gasteiger partial charge in [0, 0.05) is 39.0 Å². The first kappa shape index (κ1) is 31.8. The van der Waals surface area contributed by atoms with Crippen molar-refractivity contribution in [3.8, 4) is 62.1 Å². The molecule has 5 nitrogen and oxygen atoms in total. The van der Waals surface area contributed by atoms with Gasteiger partial charge in [0.1, 0.15) is 11.3 Å². The topological polar surface area (TPSA) is 56.5 Å². The summed E-state index contributed by atoms with van der Waals surface area (Å²) in [5.74, 6) is 2.15. The van der Waals surface area contributed by atoms with Crippen molar-refractivity contribution in [3.63, 3.8) is 0 Å². The summed E-state index contributed by atoms with van der Waals surface area (Å²) < 4.78 is 2.25. The third-order valence-electron chi connectivity index (χ3n) is 12.1. The molecule has 0 unspecified atom stereocenters. The van der Waals surface area contributed by atoms with Crippen molar-refractivity contribution in [1.29, 1.82) is 0 Å². The Hall–Kier alpha value is -6.72. The fourth-order valence-electron chi connectivity index (χ4n) is 9.39. The molecule has 0 radical (unpaired) electrons. The Morgan fingerprint density at radius 3 is 1.82 bits per heavy atom. The van der Waals surface area contributed by atoms with Crippen LogP contribution in [-0.2, 0) is 10.8 Å². The first-order chi connectivity index (χ1) is 26.8. The highest BCUT2D eigenvalue weighted by Gasteiger charge is 2.39. The highest BCUT2D eigenvalue weighted by Crippen LogP contribution is 2.53. The molecule has 262 valence electrons. The fourth-order valence-corrected chi connectivity index (χ4v) is 9.39. The molecule has 55 heavy (non-hydrogen) atoms. The minimum Gasteiger partial charge on any atom is -0.290 e. The second kappa shape index (κ2) is 11.4. The maximum atomic E-state index is 5.53. The smallest absolute Gasteiger partial charge is 0.162 e. The van der Waals surface area contributed by atoms with E-state index in [1.807, 2.05) is 30.5 Å². The Balaban J connectivity index is 1.20. The van der Waals surface area contributed by atoms with Gasteiger partial charge in [-0.2, -0.15) is 0 Å². The molecule has 0 N–H and O–H groups in total. The zero-order chi connectivity index (χ0) is 37.1. The van der Waals surface area contributed by atoms with Crippen LogP contribution in [0.4, 0.5) is 0 Å². The lowest BCUT2D eigenvalue weighted by Gasteiger charge is -2.22. The third kappa shape index (κ3) is 4.53. The van der Waals surface area contributed by atoms with Gasteiger partial charge in [-0.15, -0.1) is 0 Å². The van der Waals surface area contributed by atoms with Crippen LogP contribution >= 0.6 is 0 Å². The lowest BCUT2D eigenvalue weighted by molar-refractivity contribution is 0.660. The molecule has 5 heteroatoms. The van der Waals surface area contributed by atoms with Crippen molar-refractivity contribution < 1.29 is 0 Å². The average Bonchev–Trinajstić information content (AvgIpc) is 3.77. The predicted molar refractivity (Wildman–Crippen MR) is 223 cm³/mol. The standard InChI is InChI=1S/C50H37N5/c1-49(2)37-21-13-11-19-33(37)35-24-23-32(27-39(35)49)47-51-29-42-46(54-47)44-41(26-25-36-34-20-12-14-22-38(34)50(3,4)45(36)44)55(42)43-28-40(30-15-7-5-8-16-30)52-48(53-43)31-17-9-6-10-18-31/h5-29H,1-4H3. The van der Waals surface area contributed by atoms with Gasteiger partial charge in [0.2, 0.25) is 0 Å². The summed E-state index contributed by atoms with van der Waals surface area (Å²) in [4.78, 5) is 21.1. The molecule has 9 aromatic rings. The van der Waals surface area contributed by atoms with Gasteiger partial charge in [0.15, 0.2) is 11.6 Å². The molecular weight excluding hydrogens is 671 g/mol. The molecule has 0 saturated carbocycles. The maximum Gasteiger partial charge on any atom is 0.162 e. The van der Waals surface area contributed by atoms with Gasteiger partial charge in [-0.25, -0.2) is 19.9 Å². The van der Waals surface area contributed by atoms with Gasteiger partial charge in [-0.05, 0) is 56.6 Å². The van der Waals surface area contributed by atoms with E-state index in [0.717, 1.165) is 50.1 Å². The largest absolute Gasteiger partial charge is 0.290 e. The van der Waals surface area contributed by atoms with Gasteiger partial charge < -0.3 is 0 Å². The summed E-state index contributed by atoms with van der Waals surface area (Å²) in [5, 5.41) is 1.13. The Bertz CT molecular complexity index is 2970. The van der Waals surface area contributed by atoms with E-state index < -0.39 is 0 Å². The van der Waals surface area contributed by atoms with E-state index in [1.54, 1.807) is 0 Å². The van der Waals surface area contributed by atoms with Crippen LogP contribution in [0.15, 0.2) is 152 Å². The lowest BCUT2D eigenvalue weighted by atomic mass is 9.81. The molecule has 0 spiro atoms. The van der Waals surface area contributed by atoms with Crippen LogP contribution in [0.3, 0.4) is 0 Å². The van der Waals surface area contributed by atoms with Crippen LogP contribution in [0.5, 0.6) is 0 Å². The number of nitrogens with zero attached hydrogens (tertiary/aromatic N) is 5. The Kier molecular flexibility index (Phi) is 6.58. The fraction of sp³-hybridized carbons (Fsp3) is 0.120. The molecule has 2 aliphatic carbocycles. The van der Waals surface area contributed by atoms with E-state index >= 15 is 0 Å². The molecular formula is C50H37N5. The maximum absolute atomic E-state index is 5.53. The molecule has 2 aliphatic rings. The highest BCUT2D eigenvalue weighted by molar-refractivity contribution is 6.12. The normalized spacial score (nSPS) is 14.5. The summed E-state index contributed by atoms with van der Waals surface area (Å²) in [6, 6.07) is 51.5. The molecule has 0 aliphatic heterocycles. The van der Waals surface area contributed by atoms with Gasteiger partial charge >= 0.3 is 0 Å². The number of fused-ring (bicyclic) bond motifs is 10. The van der Waals surface area contributed by atoms with Crippen LogP contribution in [0.2, 0.25) is 0 Å². The molecule has 6 aromatic carbocycles. The van der Waals surface area contributed by atoms with Crippen LogP contribution in [0.25, 0.3) is 84.0 Å². The zero-order valence-electron chi connectivity index (χ0n) is 31.2. The first-order valence-corrected chi connectivity index (χ1v) is 19.0. The Morgan fingerprint density at radius 1 is 0.455 bits per heavy atom. The number of benzene rings is 6. The average molecular weight is 708 g/mol. The van der Waals surface area contributed by atoms with Gasteiger partial charge in [0.25, 0.3) is 0 Å².